The topological polar surface area (TPSA) is 77.8 Å². The highest BCUT2D eigenvalue weighted by molar-refractivity contribution is 6.32. The molecule has 1 aromatic heterocycles. The number of carbonyl (C=O) groups is 2. The van der Waals surface area contributed by atoms with Crippen LogP contribution in [0.25, 0.3) is 11.0 Å². The highest BCUT2D eigenvalue weighted by Gasteiger charge is 2.24. The van der Waals surface area contributed by atoms with E-state index in [0.717, 1.165) is 6.42 Å². The number of amides is 1. The molecule has 0 aliphatic heterocycles. The minimum absolute atomic E-state index is 0.0256. The van der Waals surface area contributed by atoms with E-state index in [0.29, 0.717) is 57.5 Å². The molecule has 0 fully saturated rings. The largest absolute Gasteiger partial charge is 0.494 e. The van der Waals surface area contributed by atoms with Crippen LogP contribution in [0.4, 0.5) is 5.69 Å². The van der Waals surface area contributed by atoms with Crippen molar-refractivity contribution in [1.82, 2.24) is 0 Å². The van der Waals surface area contributed by atoms with Gasteiger partial charge in [0.1, 0.15) is 17.1 Å². The van der Waals surface area contributed by atoms with Gasteiger partial charge in [-0.2, -0.15) is 0 Å². The summed E-state index contributed by atoms with van der Waals surface area (Å²) in [5.74, 6) is 0.436. The van der Waals surface area contributed by atoms with E-state index in [4.69, 9.17) is 25.5 Å². The third-order valence-electron chi connectivity index (χ3n) is 5.12. The first kappa shape index (κ1) is 23.4. The van der Waals surface area contributed by atoms with Crippen molar-refractivity contribution in [3.05, 3.63) is 88.6 Å². The summed E-state index contributed by atoms with van der Waals surface area (Å²) < 4.78 is 16.9. The Morgan fingerprint density at radius 1 is 0.941 bits per heavy atom. The van der Waals surface area contributed by atoms with Crippen molar-refractivity contribution in [3.8, 4) is 11.5 Å². The number of hydrogen-bond donors (Lipinski definition) is 1. The molecular weight excluding hydrogens is 454 g/mol. The van der Waals surface area contributed by atoms with Gasteiger partial charge < -0.3 is 19.2 Å². The van der Waals surface area contributed by atoms with Crippen molar-refractivity contribution in [2.75, 3.05) is 18.5 Å². The highest BCUT2D eigenvalue weighted by Crippen LogP contribution is 2.34. The van der Waals surface area contributed by atoms with Gasteiger partial charge in [0.2, 0.25) is 5.78 Å². The summed E-state index contributed by atoms with van der Waals surface area (Å²) in [7, 11) is 0. The number of nitrogens with one attached hydrogen (secondary N) is 1. The minimum atomic E-state index is -0.403. The van der Waals surface area contributed by atoms with Gasteiger partial charge >= 0.3 is 0 Å². The summed E-state index contributed by atoms with van der Waals surface area (Å²) in [5.41, 5.74) is 1.54. The fourth-order valence-electron chi connectivity index (χ4n) is 3.48. The summed E-state index contributed by atoms with van der Waals surface area (Å²) in [4.78, 5) is 26.4. The van der Waals surface area contributed by atoms with E-state index < -0.39 is 5.78 Å². The number of fused-ring (bicyclic) bond motifs is 1. The molecule has 0 aliphatic carbocycles. The van der Waals surface area contributed by atoms with Gasteiger partial charge in [-0.15, -0.1) is 0 Å². The van der Waals surface area contributed by atoms with E-state index >= 15 is 0 Å². The Morgan fingerprint density at radius 3 is 2.38 bits per heavy atom. The van der Waals surface area contributed by atoms with Crippen LogP contribution < -0.4 is 14.8 Å². The van der Waals surface area contributed by atoms with E-state index in [1.165, 1.54) is 6.07 Å². The first-order valence-corrected chi connectivity index (χ1v) is 11.4. The Balaban J connectivity index is 1.66. The Labute approximate surface area is 202 Å². The van der Waals surface area contributed by atoms with Crippen LogP contribution in [-0.4, -0.2) is 24.9 Å². The van der Waals surface area contributed by atoms with Gasteiger partial charge in [-0.3, -0.25) is 9.59 Å². The van der Waals surface area contributed by atoms with Crippen LogP contribution in [0, 0.1) is 0 Å². The van der Waals surface area contributed by atoms with Crippen LogP contribution in [0.1, 0.15) is 46.7 Å². The third-order valence-corrected chi connectivity index (χ3v) is 5.42. The number of ketones is 1. The maximum Gasteiger partial charge on any atom is 0.255 e. The van der Waals surface area contributed by atoms with Gasteiger partial charge in [0.05, 0.1) is 23.9 Å². The molecule has 174 valence electrons. The van der Waals surface area contributed by atoms with E-state index in [1.807, 2.05) is 19.9 Å². The van der Waals surface area contributed by atoms with Crippen molar-refractivity contribution in [3.63, 3.8) is 0 Å². The predicted octanol–water partition coefficient (Wildman–Crippen LogP) is 6.76. The zero-order valence-corrected chi connectivity index (χ0v) is 19.6. The number of furan rings is 1. The molecule has 0 radical (unpaired) electrons. The average molecular weight is 478 g/mol. The molecule has 34 heavy (non-hydrogen) atoms. The number of hydrogen-bond acceptors (Lipinski definition) is 5. The summed E-state index contributed by atoms with van der Waals surface area (Å²) >= 11 is 6.28. The zero-order chi connectivity index (χ0) is 24.1. The smallest absolute Gasteiger partial charge is 0.255 e. The lowest BCUT2D eigenvalue weighted by Crippen LogP contribution is -2.14. The molecular formula is C27H24ClNO5. The lowest BCUT2D eigenvalue weighted by molar-refractivity contribution is 0.101. The molecule has 0 atom stereocenters. The molecule has 4 aromatic rings. The zero-order valence-electron chi connectivity index (χ0n) is 18.9. The molecule has 0 saturated carbocycles. The monoisotopic (exact) mass is 477 g/mol. The number of anilines is 1. The van der Waals surface area contributed by atoms with Crippen LogP contribution in [-0.2, 0) is 0 Å². The van der Waals surface area contributed by atoms with Crippen molar-refractivity contribution >= 4 is 39.9 Å². The molecule has 0 bridgehead atoms. The van der Waals surface area contributed by atoms with Gasteiger partial charge in [0.15, 0.2) is 5.76 Å². The molecule has 1 heterocycles. The molecule has 3 aromatic carbocycles. The van der Waals surface area contributed by atoms with Crippen LogP contribution in [0.2, 0.25) is 5.02 Å². The molecule has 1 N–H and O–H groups in total. The second kappa shape index (κ2) is 10.4. The second-order valence-corrected chi connectivity index (χ2v) is 7.94. The van der Waals surface area contributed by atoms with Crippen molar-refractivity contribution in [1.29, 1.82) is 0 Å². The van der Waals surface area contributed by atoms with Crippen molar-refractivity contribution in [2.24, 2.45) is 0 Å². The normalized spacial score (nSPS) is 10.8. The average Bonchev–Trinajstić information content (AvgIpc) is 3.22. The molecule has 6 nitrogen and oxygen atoms in total. The Bertz CT molecular complexity index is 1330. The van der Waals surface area contributed by atoms with Gasteiger partial charge in [-0.1, -0.05) is 30.7 Å². The molecule has 0 saturated heterocycles. The number of rotatable bonds is 9. The summed E-state index contributed by atoms with van der Waals surface area (Å²) in [5, 5.41) is 3.80. The van der Waals surface area contributed by atoms with E-state index in [1.54, 1.807) is 54.6 Å². The number of benzene rings is 3. The quantitative estimate of drug-likeness (QED) is 0.269. The Hall–Kier alpha value is -3.77. The fourth-order valence-corrected chi connectivity index (χ4v) is 3.72. The van der Waals surface area contributed by atoms with E-state index in [-0.39, 0.29) is 11.7 Å². The van der Waals surface area contributed by atoms with Crippen molar-refractivity contribution < 1.29 is 23.5 Å². The van der Waals surface area contributed by atoms with Crippen LogP contribution in [0.5, 0.6) is 11.5 Å². The number of ether oxygens (including phenoxy) is 2. The Morgan fingerprint density at radius 2 is 1.68 bits per heavy atom. The summed E-state index contributed by atoms with van der Waals surface area (Å²) in [6, 6.07) is 18.8. The molecule has 4 rings (SSSR count). The number of carbonyl (C=O) groups excluding carboxylic acids is 2. The van der Waals surface area contributed by atoms with Gasteiger partial charge in [-0.05, 0) is 67.9 Å². The van der Waals surface area contributed by atoms with Crippen LogP contribution in [0.3, 0.4) is 0 Å². The van der Waals surface area contributed by atoms with Gasteiger partial charge in [0.25, 0.3) is 5.91 Å². The maximum atomic E-state index is 13.4. The van der Waals surface area contributed by atoms with E-state index in [9.17, 15) is 9.59 Å². The van der Waals surface area contributed by atoms with Crippen LogP contribution in [0.15, 0.2) is 71.1 Å². The minimum Gasteiger partial charge on any atom is -0.494 e. The standard InChI is InChI=1S/C27H24ClNO5/c1-3-15-33-19-12-9-17(10-13-19)27(31)29-24-20-7-5-6-8-22(20)34-26(24)25(30)18-11-14-23(32-4-2)21(28)16-18/h5-14,16H,3-4,15H2,1-2H3,(H,29,31). The molecule has 0 aliphatic rings. The molecule has 0 spiro atoms. The fraction of sp³-hybridized carbons (Fsp3) is 0.185. The first-order valence-electron chi connectivity index (χ1n) is 11.0. The first-order chi connectivity index (χ1) is 16.5. The summed E-state index contributed by atoms with van der Waals surface area (Å²) in [6.45, 7) is 4.94. The predicted molar refractivity (Wildman–Crippen MR) is 132 cm³/mol. The molecule has 1 amide bonds. The van der Waals surface area contributed by atoms with Gasteiger partial charge in [-0.25, -0.2) is 0 Å². The molecule has 0 unspecified atom stereocenters. The van der Waals surface area contributed by atoms with E-state index in [2.05, 4.69) is 5.32 Å². The third kappa shape index (κ3) is 4.92. The maximum absolute atomic E-state index is 13.4. The SMILES string of the molecule is CCCOc1ccc(C(=O)Nc2c(C(=O)c3ccc(OCC)c(Cl)c3)oc3ccccc23)cc1. The van der Waals surface area contributed by atoms with Crippen molar-refractivity contribution in [2.45, 2.75) is 20.3 Å². The Kier molecular flexibility index (Phi) is 7.18. The van der Waals surface area contributed by atoms with Crippen LogP contribution >= 0.6 is 11.6 Å². The number of halogens is 1. The number of para-hydroxylation sites is 1. The molecule has 7 heteroatoms. The second-order valence-electron chi connectivity index (χ2n) is 7.54. The summed E-state index contributed by atoms with van der Waals surface area (Å²) in [6.07, 6.45) is 0.895. The van der Waals surface area contributed by atoms with Gasteiger partial charge in [0, 0.05) is 16.5 Å². The lowest BCUT2D eigenvalue weighted by atomic mass is 10.1. The highest BCUT2D eigenvalue weighted by atomic mass is 35.5. The lowest BCUT2D eigenvalue weighted by Gasteiger charge is -2.09.